The van der Waals surface area contributed by atoms with Crippen LogP contribution in [0.5, 0.6) is 0 Å². The molecule has 0 spiro atoms. The molecule has 0 aliphatic heterocycles. The van der Waals surface area contributed by atoms with Gasteiger partial charge in [-0.15, -0.1) is 0 Å². The summed E-state index contributed by atoms with van der Waals surface area (Å²) in [6.45, 7) is 5.45. The summed E-state index contributed by atoms with van der Waals surface area (Å²) in [7, 11) is 0. The Hall–Kier alpha value is -2.87. The fourth-order valence-electron chi connectivity index (χ4n) is 2.19. The van der Waals surface area contributed by atoms with E-state index in [1.807, 2.05) is 19.9 Å². The lowest BCUT2D eigenvalue weighted by Crippen LogP contribution is -2.03. The standard InChI is InChI=1S/C16H15N3O2/c1-9-6-11(3)18-15(14(9)8-17)19-12-4-5-13(16(20)21)10(2)7-12/h4-7H,1-3H3,(H,18,19)(H,20,21). The Kier molecular flexibility index (Phi) is 3.90. The second-order valence-electron chi connectivity index (χ2n) is 4.88. The van der Waals surface area contributed by atoms with E-state index in [1.165, 1.54) is 6.07 Å². The zero-order valence-corrected chi connectivity index (χ0v) is 12.1. The Morgan fingerprint density at radius 2 is 1.95 bits per heavy atom. The van der Waals surface area contributed by atoms with E-state index in [2.05, 4.69) is 16.4 Å². The molecule has 5 heteroatoms. The van der Waals surface area contributed by atoms with Gasteiger partial charge in [-0.25, -0.2) is 9.78 Å². The summed E-state index contributed by atoms with van der Waals surface area (Å²) in [5.41, 5.74) is 3.76. The van der Waals surface area contributed by atoms with Gasteiger partial charge in [0, 0.05) is 11.4 Å². The smallest absolute Gasteiger partial charge is 0.335 e. The van der Waals surface area contributed by atoms with E-state index in [0.717, 1.165) is 11.3 Å². The van der Waals surface area contributed by atoms with Gasteiger partial charge in [-0.3, -0.25) is 0 Å². The lowest BCUT2D eigenvalue weighted by molar-refractivity contribution is 0.0696. The normalized spacial score (nSPS) is 10.0. The molecule has 0 aliphatic carbocycles. The number of benzene rings is 1. The van der Waals surface area contributed by atoms with Crippen molar-refractivity contribution in [2.45, 2.75) is 20.8 Å². The van der Waals surface area contributed by atoms with Gasteiger partial charge in [0.1, 0.15) is 11.9 Å². The molecule has 21 heavy (non-hydrogen) atoms. The highest BCUT2D eigenvalue weighted by Gasteiger charge is 2.11. The number of carboxylic acid groups (broad SMARTS) is 1. The molecule has 1 aromatic carbocycles. The molecule has 106 valence electrons. The van der Waals surface area contributed by atoms with Crippen molar-refractivity contribution in [3.8, 4) is 6.07 Å². The number of carbonyl (C=O) groups is 1. The van der Waals surface area contributed by atoms with Crippen LogP contribution in [-0.2, 0) is 0 Å². The third kappa shape index (κ3) is 3.00. The van der Waals surface area contributed by atoms with Crippen molar-refractivity contribution in [3.63, 3.8) is 0 Å². The fraction of sp³-hybridized carbons (Fsp3) is 0.188. The van der Waals surface area contributed by atoms with E-state index in [-0.39, 0.29) is 5.56 Å². The summed E-state index contributed by atoms with van der Waals surface area (Å²) in [4.78, 5) is 15.3. The monoisotopic (exact) mass is 281 g/mol. The Bertz CT molecular complexity index is 761. The van der Waals surface area contributed by atoms with E-state index in [4.69, 9.17) is 5.11 Å². The van der Waals surface area contributed by atoms with Gasteiger partial charge in [0.15, 0.2) is 0 Å². The molecule has 0 unspecified atom stereocenters. The zero-order valence-electron chi connectivity index (χ0n) is 12.1. The van der Waals surface area contributed by atoms with Crippen LogP contribution in [0.25, 0.3) is 0 Å². The second kappa shape index (κ2) is 5.63. The summed E-state index contributed by atoms with van der Waals surface area (Å²) in [5.74, 6) is -0.473. The molecule has 0 fully saturated rings. The quantitative estimate of drug-likeness (QED) is 0.901. The number of carboxylic acids is 1. The third-order valence-electron chi connectivity index (χ3n) is 3.18. The topological polar surface area (TPSA) is 86.0 Å². The van der Waals surface area contributed by atoms with Crippen LogP contribution < -0.4 is 5.32 Å². The van der Waals surface area contributed by atoms with E-state index in [1.54, 1.807) is 19.1 Å². The minimum atomic E-state index is -0.957. The number of nitrogens with zero attached hydrogens (tertiary/aromatic N) is 2. The van der Waals surface area contributed by atoms with E-state index in [0.29, 0.717) is 22.6 Å². The first-order chi connectivity index (χ1) is 9.92. The predicted molar refractivity (Wildman–Crippen MR) is 79.8 cm³/mol. The Morgan fingerprint density at radius 1 is 1.24 bits per heavy atom. The molecule has 0 atom stereocenters. The molecule has 5 nitrogen and oxygen atoms in total. The van der Waals surface area contributed by atoms with Crippen molar-refractivity contribution in [2.75, 3.05) is 5.32 Å². The number of aryl methyl sites for hydroxylation is 3. The van der Waals surface area contributed by atoms with Crippen LogP contribution in [0, 0.1) is 32.1 Å². The van der Waals surface area contributed by atoms with E-state index in [9.17, 15) is 10.1 Å². The first-order valence-electron chi connectivity index (χ1n) is 6.41. The van der Waals surface area contributed by atoms with Gasteiger partial charge in [0.2, 0.25) is 0 Å². The van der Waals surface area contributed by atoms with Crippen molar-refractivity contribution < 1.29 is 9.90 Å². The summed E-state index contributed by atoms with van der Waals surface area (Å²) < 4.78 is 0. The lowest BCUT2D eigenvalue weighted by Gasteiger charge is -2.11. The molecule has 1 aromatic heterocycles. The van der Waals surface area contributed by atoms with Crippen molar-refractivity contribution in [2.24, 2.45) is 0 Å². The number of rotatable bonds is 3. The number of nitriles is 1. The lowest BCUT2D eigenvalue weighted by atomic mass is 10.1. The maximum atomic E-state index is 11.0. The molecule has 0 saturated carbocycles. The molecular formula is C16H15N3O2. The van der Waals surface area contributed by atoms with Gasteiger partial charge in [0.05, 0.1) is 11.1 Å². The molecule has 0 aliphatic rings. The highest BCUT2D eigenvalue weighted by molar-refractivity contribution is 5.90. The molecule has 1 heterocycles. The van der Waals surface area contributed by atoms with Crippen molar-refractivity contribution in [1.29, 1.82) is 5.26 Å². The minimum Gasteiger partial charge on any atom is -0.478 e. The molecule has 0 radical (unpaired) electrons. The fourth-order valence-corrected chi connectivity index (χ4v) is 2.19. The Labute approximate surface area is 122 Å². The molecule has 2 N–H and O–H groups in total. The predicted octanol–water partition coefficient (Wildman–Crippen LogP) is 3.32. The highest BCUT2D eigenvalue weighted by atomic mass is 16.4. The van der Waals surface area contributed by atoms with Crippen LogP contribution in [-0.4, -0.2) is 16.1 Å². The average molecular weight is 281 g/mol. The van der Waals surface area contributed by atoms with Crippen LogP contribution in [0.15, 0.2) is 24.3 Å². The van der Waals surface area contributed by atoms with Crippen LogP contribution in [0.3, 0.4) is 0 Å². The number of nitrogens with one attached hydrogen (secondary N) is 1. The largest absolute Gasteiger partial charge is 0.478 e. The first-order valence-corrected chi connectivity index (χ1v) is 6.41. The minimum absolute atomic E-state index is 0.259. The molecular weight excluding hydrogens is 266 g/mol. The maximum Gasteiger partial charge on any atom is 0.335 e. The van der Waals surface area contributed by atoms with Crippen molar-refractivity contribution in [3.05, 3.63) is 52.2 Å². The number of hydrogen-bond acceptors (Lipinski definition) is 4. The third-order valence-corrected chi connectivity index (χ3v) is 3.18. The van der Waals surface area contributed by atoms with E-state index >= 15 is 0 Å². The Morgan fingerprint density at radius 3 is 2.52 bits per heavy atom. The molecule has 0 saturated heterocycles. The second-order valence-corrected chi connectivity index (χ2v) is 4.88. The number of aromatic nitrogens is 1. The summed E-state index contributed by atoms with van der Waals surface area (Å²) in [6.07, 6.45) is 0. The summed E-state index contributed by atoms with van der Waals surface area (Å²) >= 11 is 0. The highest BCUT2D eigenvalue weighted by Crippen LogP contribution is 2.23. The zero-order chi connectivity index (χ0) is 15.6. The number of hydrogen-bond donors (Lipinski definition) is 2. The molecule has 0 amide bonds. The van der Waals surface area contributed by atoms with Crippen LogP contribution in [0.4, 0.5) is 11.5 Å². The summed E-state index contributed by atoms with van der Waals surface area (Å²) in [5, 5.41) is 21.3. The number of aromatic carboxylic acids is 1. The Balaban J connectivity index is 2.42. The first kappa shape index (κ1) is 14.5. The van der Waals surface area contributed by atoms with Gasteiger partial charge >= 0.3 is 5.97 Å². The van der Waals surface area contributed by atoms with Gasteiger partial charge in [-0.2, -0.15) is 5.26 Å². The van der Waals surface area contributed by atoms with Gasteiger partial charge < -0.3 is 10.4 Å². The SMILES string of the molecule is Cc1cc(C)c(C#N)c(Nc2ccc(C(=O)O)c(C)c2)n1. The number of pyridine rings is 1. The van der Waals surface area contributed by atoms with Crippen LogP contribution >= 0.6 is 0 Å². The van der Waals surface area contributed by atoms with Crippen LogP contribution in [0.2, 0.25) is 0 Å². The van der Waals surface area contributed by atoms with Gasteiger partial charge in [0.25, 0.3) is 0 Å². The van der Waals surface area contributed by atoms with Crippen molar-refractivity contribution >= 4 is 17.5 Å². The van der Waals surface area contributed by atoms with Gasteiger partial charge in [-0.1, -0.05) is 0 Å². The summed E-state index contributed by atoms with van der Waals surface area (Å²) in [6, 6.07) is 8.91. The number of anilines is 2. The molecule has 2 aromatic rings. The molecule has 2 rings (SSSR count). The maximum absolute atomic E-state index is 11.0. The van der Waals surface area contributed by atoms with Crippen LogP contribution in [0.1, 0.15) is 32.7 Å². The van der Waals surface area contributed by atoms with Gasteiger partial charge in [-0.05, 0) is 56.2 Å². The molecule has 0 bridgehead atoms. The van der Waals surface area contributed by atoms with Crippen molar-refractivity contribution in [1.82, 2.24) is 4.98 Å². The average Bonchev–Trinajstić information content (AvgIpc) is 2.37. The van der Waals surface area contributed by atoms with E-state index < -0.39 is 5.97 Å².